The van der Waals surface area contributed by atoms with E-state index in [9.17, 15) is 4.79 Å². The predicted octanol–water partition coefficient (Wildman–Crippen LogP) is 3.27. The maximum absolute atomic E-state index is 11.8. The number of anilines is 2. The summed E-state index contributed by atoms with van der Waals surface area (Å²) < 4.78 is 0.824. The molecular weight excluding hydrogens is 300 g/mol. The number of amides is 1. The fraction of sp³-hybridized carbons (Fsp3) is 0.0833. The highest BCUT2D eigenvalue weighted by Gasteiger charge is 2.07. The molecule has 0 saturated heterocycles. The largest absolute Gasteiger partial charge is 0.399 e. The average molecular weight is 311 g/mol. The van der Waals surface area contributed by atoms with E-state index in [2.05, 4.69) is 21.2 Å². The molecule has 0 radical (unpaired) electrons. The second-order valence-corrected chi connectivity index (χ2v) is 5.23. The van der Waals surface area contributed by atoms with Crippen molar-refractivity contribution in [2.24, 2.45) is 0 Å². The summed E-state index contributed by atoms with van der Waals surface area (Å²) in [5.74, 6) is -0.0466. The Hall–Kier alpha value is -1.33. The Kier molecular flexibility index (Phi) is 3.81. The summed E-state index contributed by atoms with van der Waals surface area (Å²) in [6.07, 6.45) is 0.380. The molecule has 0 bridgehead atoms. The fourth-order valence-electron chi connectivity index (χ4n) is 1.41. The maximum Gasteiger partial charge on any atom is 0.228 e. The number of carbonyl (C=O) groups is 1. The number of nitrogens with two attached hydrogens (primary N) is 1. The molecule has 0 spiro atoms. The van der Waals surface area contributed by atoms with Gasteiger partial charge in [0.05, 0.1) is 12.1 Å². The van der Waals surface area contributed by atoms with Crippen LogP contribution in [0.2, 0.25) is 0 Å². The molecule has 3 N–H and O–H groups in total. The third kappa shape index (κ3) is 3.31. The number of thiophene rings is 1. The Balaban J connectivity index is 2.05. The SMILES string of the molecule is Nc1ccc(Br)c(NC(=O)Cc2ccsc2)c1. The van der Waals surface area contributed by atoms with Gasteiger partial charge in [-0.05, 0) is 56.5 Å². The van der Waals surface area contributed by atoms with Crippen molar-refractivity contribution in [1.29, 1.82) is 0 Å². The molecular formula is C12H11BrN2OS. The van der Waals surface area contributed by atoms with Gasteiger partial charge in [-0.2, -0.15) is 11.3 Å². The average Bonchev–Trinajstić information content (AvgIpc) is 2.76. The lowest BCUT2D eigenvalue weighted by Crippen LogP contribution is -2.14. The van der Waals surface area contributed by atoms with Crippen molar-refractivity contribution in [3.8, 4) is 0 Å². The van der Waals surface area contributed by atoms with E-state index in [1.807, 2.05) is 22.9 Å². The van der Waals surface area contributed by atoms with E-state index in [0.29, 0.717) is 17.8 Å². The summed E-state index contributed by atoms with van der Waals surface area (Å²) >= 11 is 4.95. The highest BCUT2D eigenvalue weighted by Crippen LogP contribution is 2.24. The molecule has 2 aromatic rings. The van der Waals surface area contributed by atoms with Crippen LogP contribution in [0.15, 0.2) is 39.5 Å². The summed E-state index contributed by atoms with van der Waals surface area (Å²) in [5, 5.41) is 6.75. The van der Waals surface area contributed by atoms with E-state index in [-0.39, 0.29) is 5.91 Å². The minimum atomic E-state index is -0.0466. The van der Waals surface area contributed by atoms with Crippen molar-refractivity contribution < 1.29 is 4.79 Å². The number of benzene rings is 1. The molecule has 5 heteroatoms. The second-order valence-electron chi connectivity index (χ2n) is 3.60. The molecule has 1 heterocycles. The lowest BCUT2D eigenvalue weighted by atomic mass is 10.2. The molecule has 0 fully saturated rings. The Labute approximate surface area is 112 Å². The maximum atomic E-state index is 11.8. The third-order valence-corrected chi connectivity index (χ3v) is 3.63. The van der Waals surface area contributed by atoms with Crippen molar-refractivity contribution >= 4 is 44.5 Å². The molecule has 1 aromatic heterocycles. The van der Waals surface area contributed by atoms with Crippen molar-refractivity contribution in [2.45, 2.75) is 6.42 Å². The summed E-state index contributed by atoms with van der Waals surface area (Å²) in [5.41, 5.74) is 8.01. The Morgan fingerprint density at radius 1 is 1.41 bits per heavy atom. The Morgan fingerprint density at radius 3 is 2.94 bits per heavy atom. The van der Waals surface area contributed by atoms with Gasteiger partial charge >= 0.3 is 0 Å². The van der Waals surface area contributed by atoms with Crippen LogP contribution in [0.1, 0.15) is 5.56 Å². The van der Waals surface area contributed by atoms with E-state index in [0.717, 1.165) is 10.0 Å². The quantitative estimate of drug-likeness (QED) is 0.855. The molecule has 17 heavy (non-hydrogen) atoms. The van der Waals surface area contributed by atoms with E-state index >= 15 is 0 Å². The lowest BCUT2D eigenvalue weighted by Gasteiger charge is -2.07. The summed E-state index contributed by atoms with van der Waals surface area (Å²) in [6, 6.07) is 7.27. The number of hydrogen-bond acceptors (Lipinski definition) is 3. The van der Waals surface area contributed by atoms with Gasteiger partial charge in [0, 0.05) is 10.2 Å². The van der Waals surface area contributed by atoms with Crippen LogP contribution < -0.4 is 11.1 Å². The second kappa shape index (κ2) is 5.33. The van der Waals surface area contributed by atoms with Crippen molar-refractivity contribution in [3.63, 3.8) is 0 Å². The topological polar surface area (TPSA) is 55.1 Å². The van der Waals surface area contributed by atoms with Crippen LogP contribution in [0.4, 0.5) is 11.4 Å². The summed E-state index contributed by atoms with van der Waals surface area (Å²) in [4.78, 5) is 11.8. The minimum absolute atomic E-state index is 0.0466. The van der Waals surface area contributed by atoms with Gasteiger partial charge in [-0.3, -0.25) is 4.79 Å². The van der Waals surface area contributed by atoms with Crippen LogP contribution in [-0.2, 0) is 11.2 Å². The van der Waals surface area contributed by atoms with E-state index in [4.69, 9.17) is 5.73 Å². The van der Waals surface area contributed by atoms with Gasteiger partial charge in [0.15, 0.2) is 0 Å². The first kappa shape index (κ1) is 12.1. The van der Waals surface area contributed by atoms with Gasteiger partial charge in [0.25, 0.3) is 0 Å². The van der Waals surface area contributed by atoms with E-state index in [1.165, 1.54) is 0 Å². The number of nitrogens with one attached hydrogen (secondary N) is 1. The predicted molar refractivity (Wildman–Crippen MR) is 75.2 cm³/mol. The fourth-order valence-corrected chi connectivity index (χ4v) is 2.43. The number of halogens is 1. The van der Waals surface area contributed by atoms with Gasteiger partial charge in [-0.15, -0.1) is 0 Å². The molecule has 0 saturated carbocycles. The number of hydrogen-bond donors (Lipinski definition) is 2. The van der Waals surface area contributed by atoms with Gasteiger partial charge in [-0.25, -0.2) is 0 Å². The third-order valence-electron chi connectivity index (χ3n) is 2.21. The zero-order valence-electron chi connectivity index (χ0n) is 8.94. The van der Waals surface area contributed by atoms with Crippen molar-refractivity contribution in [3.05, 3.63) is 45.1 Å². The number of carbonyl (C=O) groups excluding carboxylic acids is 1. The molecule has 0 aliphatic heterocycles. The molecule has 1 amide bonds. The zero-order chi connectivity index (χ0) is 12.3. The van der Waals surface area contributed by atoms with Gasteiger partial charge in [0.2, 0.25) is 5.91 Å². The number of rotatable bonds is 3. The first-order valence-electron chi connectivity index (χ1n) is 5.01. The normalized spacial score (nSPS) is 10.2. The molecule has 2 rings (SSSR count). The highest BCUT2D eigenvalue weighted by atomic mass is 79.9. The van der Waals surface area contributed by atoms with Crippen LogP contribution in [0.5, 0.6) is 0 Å². The smallest absolute Gasteiger partial charge is 0.228 e. The van der Waals surface area contributed by atoms with Crippen LogP contribution in [0, 0.1) is 0 Å². The molecule has 3 nitrogen and oxygen atoms in total. The Morgan fingerprint density at radius 2 is 2.24 bits per heavy atom. The zero-order valence-corrected chi connectivity index (χ0v) is 11.3. The van der Waals surface area contributed by atoms with Crippen LogP contribution >= 0.6 is 27.3 Å². The van der Waals surface area contributed by atoms with Crippen molar-refractivity contribution in [1.82, 2.24) is 0 Å². The van der Waals surface area contributed by atoms with Gasteiger partial charge < -0.3 is 11.1 Å². The van der Waals surface area contributed by atoms with Crippen LogP contribution in [0.25, 0.3) is 0 Å². The first-order valence-corrected chi connectivity index (χ1v) is 6.74. The minimum Gasteiger partial charge on any atom is -0.399 e. The number of nitrogen functional groups attached to an aromatic ring is 1. The van der Waals surface area contributed by atoms with E-state index < -0.39 is 0 Å². The molecule has 0 aliphatic carbocycles. The first-order chi connectivity index (χ1) is 8.15. The van der Waals surface area contributed by atoms with Crippen LogP contribution in [0.3, 0.4) is 0 Å². The molecule has 0 unspecified atom stereocenters. The standard InChI is InChI=1S/C12H11BrN2OS/c13-10-2-1-9(14)6-11(10)15-12(16)5-8-3-4-17-7-8/h1-4,6-7H,5,14H2,(H,15,16). The lowest BCUT2D eigenvalue weighted by molar-refractivity contribution is -0.115. The molecule has 88 valence electrons. The highest BCUT2D eigenvalue weighted by molar-refractivity contribution is 9.10. The monoisotopic (exact) mass is 310 g/mol. The summed E-state index contributed by atoms with van der Waals surface area (Å²) in [6.45, 7) is 0. The van der Waals surface area contributed by atoms with Crippen molar-refractivity contribution in [2.75, 3.05) is 11.1 Å². The molecule has 1 aromatic carbocycles. The van der Waals surface area contributed by atoms with Gasteiger partial charge in [0.1, 0.15) is 0 Å². The Bertz CT molecular complexity index is 525. The van der Waals surface area contributed by atoms with Gasteiger partial charge in [-0.1, -0.05) is 0 Å². The van der Waals surface area contributed by atoms with E-state index in [1.54, 1.807) is 23.5 Å². The molecule has 0 aliphatic rings. The molecule has 0 atom stereocenters. The summed E-state index contributed by atoms with van der Waals surface area (Å²) in [7, 11) is 0. The van der Waals surface area contributed by atoms with Crippen LogP contribution in [-0.4, -0.2) is 5.91 Å².